The van der Waals surface area contributed by atoms with E-state index in [1.165, 1.54) is 18.4 Å². The van der Waals surface area contributed by atoms with Crippen molar-refractivity contribution < 1.29 is 9.53 Å². The fourth-order valence-corrected chi connectivity index (χ4v) is 5.74. The molecule has 4 rings (SSSR count). The number of ether oxygens (including phenoxy) is 1. The summed E-state index contributed by atoms with van der Waals surface area (Å²) in [5.74, 6) is 0.927. The molecule has 3 fully saturated rings. The summed E-state index contributed by atoms with van der Waals surface area (Å²) in [5.41, 5.74) is 2.78. The van der Waals surface area contributed by atoms with Crippen LogP contribution in [0.3, 0.4) is 0 Å². The summed E-state index contributed by atoms with van der Waals surface area (Å²) in [6, 6.07) is 6.03. The number of likely N-dealkylation sites (N-methyl/N-ethyl adjacent to an activating group) is 1. The molecule has 27 heavy (non-hydrogen) atoms. The number of esters is 1. The van der Waals surface area contributed by atoms with E-state index in [0.717, 1.165) is 44.5 Å². The minimum Gasteiger partial charge on any atom is -0.462 e. The molecule has 146 valence electrons. The monoisotopic (exact) mass is 368 g/mol. The van der Waals surface area contributed by atoms with Crippen LogP contribution in [-0.2, 0) is 16.0 Å². The summed E-state index contributed by atoms with van der Waals surface area (Å²) in [7, 11) is 2.11. The zero-order valence-corrected chi connectivity index (χ0v) is 16.7. The molecule has 3 aliphatic rings. The highest BCUT2D eigenvalue weighted by molar-refractivity contribution is 5.75. The number of pyridine rings is 1. The minimum absolute atomic E-state index is 0.00279. The molecule has 4 nitrogen and oxygen atoms in total. The van der Waals surface area contributed by atoms with Crippen molar-refractivity contribution in [3.05, 3.63) is 42.2 Å². The van der Waals surface area contributed by atoms with Crippen LogP contribution in [0, 0.1) is 23.2 Å². The van der Waals surface area contributed by atoms with Gasteiger partial charge in [-0.25, -0.2) is 0 Å². The second-order valence-corrected chi connectivity index (χ2v) is 9.24. The molecule has 0 N–H and O–H groups in total. The molecule has 2 aliphatic carbocycles. The summed E-state index contributed by atoms with van der Waals surface area (Å²) in [6.45, 7) is 8.46. The predicted molar refractivity (Wildman–Crippen MR) is 106 cm³/mol. The lowest BCUT2D eigenvalue weighted by Crippen LogP contribution is -2.45. The first-order valence-corrected chi connectivity index (χ1v) is 10.4. The van der Waals surface area contributed by atoms with Crippen molar-refractivity contribution in [3.63, 3.8) is 0 Å². The second kappa shape index (κ2) is 7.38. The zero-order chi connectivity index (χ0) is 19.0. The van der Waals surface area contributed by atoms with Gasteiger partial charge in [-0.2, -0.15) is 0 Å². The minimum atomic E-state index is 0.00279. The quantitative estimate of drug-likeness (QED) is 0.584. The van der Waals surface area contributed by atoms with Crippen LogP contribution in [0.15, 0.2) is 36.5 Å². The van der Waals surface area contributed by atoms with Gasteiger partial charge in [-0.05, 0) is 62.6 Å². The lowest BCUT2D eigenvalue weighted by Gasteiger charge is -2.50. The van der Waals surface area contributed by atoms with Gasteiger partial charge in [-0.15, -0.1) is 0 Å². The normalized spacial score (nSPS) is 35.7. The highest BCUT2D eigenvalue weighted by atomic mass is 16.6. The average Bonchev–Trinajstić information content (AvgIpc) is 2.93. The molecule has 0 bridgehead atoms. The van der Waals surface area contributed by atoms with Crippen molar-refractivity contribution in [2.24, 2.45) is 23.2 Å². The van der Waals surface area contributed by atoms with E-state index in [2.05, 4.69) is 36.5 Å². The Morgan fingerprint density at radius 1 is 1.41 bits per heavy atom. The number of rotatable bonds is 5. The maximum atomic E-state index is 12.7. The molecule has 0 aromatic carbocycles. The molecular formula is C23H32N2O2. The molecule has 5 atom stereocenters. The van der Waals surface area contributed by atoms with Crippen LogP contribution < -0.4 is 0 Å². The number of carbonyl (C=O) groups is 1. The fourth-order valence-electron chi connectivity index (χ4n) is 5.74. The van der Waals surface area contributed by atoms with Gasteiger partial charge in [0.05, 0.1) is 5.92 Å². The van der Waals surface area contributed by atoms with Gasteiger partial charge in [-0.1, -0.05) is 25.1 Å². The fraction of sp³-hybridized carbons (Fsp3) is 0.652. The molecule has 0 amide bonds. The highest BCUT2D eigenvalue weighted by Crippen LogP contribution is 2.56. The number of nitrogens with zero attached hydrogens (tertiary/aromatic N) is 2. The maximum Gasteiger partial charge on any atom is 0.310 e. The Morgan fingerprint density at radius 2 is 2.26 bits per heavy atom. The van der Waals surface area contributed by atoms with E-state index < -0.39 is 0 Å². The summed E-state index contributed by atoms with van der Waals surface area (Å²) in [5, 5.41) is 0. The Hall–Kier alpha value is -1.68. The third kappa shape index (κ3) is 3.69. The molecule has 0 radical (unpaired) electrons. The number of carbonyl (C=O) groups excluding carboxylic acids is 1. The Balaban J connectivity index is 1.40. The van der Waals surface area contributed by atoms with Crippen molar-refractivity contribution in [3.8, 4) is 0 Å². The van der Waals surface area contributed by atoms with Gasteiger partial charge >= 0.3 is 5.97 Å². The number of hydrogen-bond donors (Lipinski definition) is 0. The van der Waals surface area contributed by atoms with E-state index in [0.29, 0.717) is 11.8 Å². The van der Waals surface area contributed by atoms with Crippen LogP contribution in [0.2, 0.25) is 0 Å². The Morgan fingerprint density at radius 3 is 3.04 bits per heavy atom. The van der Waals surface area contributed by atoms with E-state index >= 15 is 0 Å². The number of fused-ring (bicyclic) bond motifs is 2. The van der Waals surface area contributed by atoms with Crippen molar-refractivity contribution in [2.75, 3.05) is 20.1 Å². The van der Waals surface area contributed by atoms with Crippen LogP contribution in [0.4, 0.5) is 0 Å². The molecule has 0 unspecified atom stereocenters. The second-order valence-electron chi connectivity index (χ2n) is 9.24. The van der Waals surface area contributed by atoms with Gasteiger partial charge in [0.15, 0.2) is 0 Å². The standard InChI is InChI=1S/C23H32N2O2/c1-16-7-6-10-23(2)14-21-18(13-20(16)23)19(22(26)27-21)15-25(3)12-9-17-8-4-5-11-24-17/h4-5,8,11,18-21H,1,6-7,9-10,12-15H2,2-3H3/t18-,19-,20+,21+,23-/m0/s1. The third-order valence-electron chi connectivity index (χ3n) is 7.30. The Bertz CT molecular complexity index is 704. The van der Waals surface area contributed by atoms with Gasteiger partial charge in [0.2, 0.25) is 0 Å². The molecule has 2 saturated carbocycles. The van der Waals surface area contributed by atoms with Crippen LogP contribution >= 0.6 is 0 Å². The summed E-state index contributed by atoms with van der Waals surface area (Å²) in [6.07, 6.45) is 8.57. The zero-order valence-electron chi connectivity index (χ0n) is 16.7. The van der Waals surface area contributed by atoms with E-state index in [1.54, 1.807) is 0 Å². The predicted octanol–water partition coefficient (Wildman–Crippen LogP) is 3.87. The number of hydrogen-bond acceptors (Lipinski definition) is 4. The molecule has 4 heteroatoms. The molecule has 1 saturated heterocycles. The van der Waals surface area contributed by atoms with Crippen molar-refractivity contribution in [2.45, 2.75) is 51.6 Å². The lowest BCUT2D eigenvalue weighted by molar-refractivity contribution is -0.146. The summed E-state index contributed by atoms with van der Waals surface area (Å²) < 4.78 is 5.88. The van der Waals surface area contributed by atoms with Crippen molar-refractivity contribution >= 4 is 5.97 Å². The summed E-state index contributed by atoms with van der Waals surface area (Å²) in [4.78, 5) is 19.3. The molecule has 0 spiro atoms. The van der Waals surface area contributed by atoms with Crippen molar-refractivity contribution in [1.82, 2.24) is 9.88 Å². The van der Waals surface area contributed by atoms with Crippen LogP contribution in [0.1, 0.15) is 44.7 Å². The van der Waals surface area contributed by atoms with Gasteiger partial charge in [0.25, 0.3) is 0 Å². The van der Waals surface area contributed by atoms with Gasteiger partial charge in [-0.3, -0.25) is 9.78 Å². The first kappa shape index (κ1) is 18.7. The topological polar surface area (TPSA) is 42.4 Å². The molecular weight excluding hydrogens is 336 g/mol. The summed E-state index contributed by atoms with van der Waals surface area (Å²) >= 11 is 0. The Kier molecular flexibility index (Phi) is 5.11. The van der Waals surface area contributed by atoms with Gasteiger partial charge in [0.1, 0.15) is 6.10 Å². The van der Waals surface area contributed by atoms with E-state index in [1.807, 2.05) is 18.3 Å². The average molecular weight is 369 g/mol. The number of allylic oxidation sites excluding steroid dienone is 1. The van der Waals surface area contributed by atoms with Crippen LogP contribution in [0.25, 0.3) is 0 Å². The van der Waals surface area contributed by atoms with Crippen LogP contribution in [0.5, 0.6) is 0 Å². The molecule has 2 heterocycles. The molecule has 1 aromatic heterocycles. The van der Waals surface area contributed by atoms with Gasteiger partial charge < -0.3 is 9.64 Å². The van der Waals surface area contributed by atoms with Crippen molar-refractivity contribution in [1.29, 1.82) is 0 Å². The Labute approximate surface area is 163 Å². The van der Waals surface area contributed by atoms with Crippen LogP contribution in [-0.4, -0.2) is 42.1 Å². The number of aromatic nitrogens is 1. The van der Waals surface area contributed by atoms with E-state index in [-0.39, 0.29) is 23.4 Å². The lowest BCUT2D eigenvalue weighted by atomic mass is 9.55. The first-order valence-electron chi connectivity index (χ1n) is 10.4. The smallest absolute Gasteiger partial charge is 0.310 e. The first-order chi connectivity index (χ1) is 13.0. The third-order valence-corrected chi connectivity index (χ3v) is 7.30. The molecule has 1 aromatic rings. The largest absolute Gasteiger partial charge is 0.462 e. The van der Waals surface area contributed by atoms with E-state index in [9.17, 15) is 4.79 Å². The SMILES string of the molecule is C=C1CCC[C@@]2(C)C[C@H]3OC(=O)[C@@H](CN(C)CCc4ccccn4)[C@@H]3C[C@H]12. The molecule has 1 aliphatic heterocycles. The van der Waals surface area contributed by atoms with E-state index in [4.69, 9.17) is 4.74 Å². The van der Waals surface area contributed by atoms with Gasteiger partial charge in [0, 0.05) is 37.3 Å². The highest BCUT2D eigenvalue weighted by Gasteiger charge is 2.55. The maximum absolute atomic E-state index is 12.7.